The lowest BCUT2D eigenvalue weighted by molar-refractivity contribution is -0.206. The normalized spacial score (nSPS) is 45.6. The minimum atomic E-state index is -4.50. The van der Waals surface area contributed by atoms with E-state index in [0.717, 1.165) is 37.5 Å². The van der Waals surface area contributed by atoms with Crippen molar-refractivity contribution in [2.45, 2.75) is 124 Å². The van der Waals surface area contributed by atoms with Crippen LogP contribution in [0.2, 0.25) is 0 Å². The Kier molecular flexibility index (Phi) is 8.02. The molecule has 0 saturated heterocycles. The highest BCUT2D eigenvalue weighted by Gasteiger charge is 2.60. The Balaban J connectivity index is 0.00000141. The number of aliphatic hydroxyl groups excluding tert-OH is 2. The summed E-state index contributed by atoms with van der Waals surface area (Å²) >= 11 is 0. The third kappa shape index (κ3) is 4.63. The van der Waals surface area contributed by atoms with Gasteiger partial charge in [0.05, 0.1) is 6.10 Å². The van der Waals surface area contributed by atoms with Gasteiger partial charge in [-0.15, -0.1) is 0 Å². The maximum atomic E-state index is 12.7. The Morgan fingerprint density at radius 1 is 0.875 bits per heavy atom. The van der Waals surface area contributed by atoms with Crippen LogP contribution in [-0.2, 0) is 0 Å². The van der Waals surface area contributed by atoms with Gasteiger partial charge in [-0.2, -0.15) is 13.2 Å². The molecule has 188 valence electrons. The third-order valence-corrected chi connectivity index (χ3v) is 10.7. The molecule has 0 aromatic carbocycles. The topological polar surface area (TPSA) is 40.5 Å². The van der Waals surface area contributed by atoms with Gasteiger partial charge in [-0.05, 0) is 117 Å². The highest BCUT2D eigenvalue weighted by Crippen LogP contribution is 2.68. The number of hydrogen-bond acceptors (Lipinski definition) is 2. The summed E-state index contributed by atoms with van der Waals surface area (Å²) in [4.78, 5) is 0. The molecule has 4 aliphatic carbocycles. The minimum Gasteiger partial charge on any atom is -0.393 e. The summed E-state index contributed by atoms with van der Waals surface area (Å²) in [5, 5.41) is 19.6. The second-order valence-corrected chi connectivity index (χ2v) is 11.9. The summed E-state index contributed by atoms with van der Waals surface area (Å²) in [5.41, 5.74) is 0.602. The molecular weight excluding hydrogens is 413 g/mol. The van der Waals surface area contributed by atoms with Gasteiger partial charge in [-0.1, -0.05) is 34.6 Å². The highest BCUT2D eigenvalue weighted by molar-refractivity contribution is 5.09. The molecular formula is C27H47F3O2. The Morgan fingerprint density at radius 3 is 2.16 bits per heavy atom. The molecule has 0 aliphatic heterocycles. The Morgan fingerprint density at radius 2 is 1.50 bits per heavy atom. The van der Waals surface area contributed by atoms with Crippen LogP contribution in [0.4, 0.5) is 13.2 Å². The lowest BCUT2D eigenvalue weighted by Gasteiger charge is -2.61. The first-order chi connectivity index (χ1) is 15.0. The van der Waals surface area contributed by atoms with Crippen LogP contribution >= 0.6 is 0 Å². The first kappa shape index (κ1) is 26.3. The van der Waals surface area contributed by atoms with E-state index in [9.17, 15) is 23.4 Å². The predicted molar refractivity (Wildman–Crippen MR) is 123 cm³/mol. The molecule has 0 amide bonds. The fraction of sp³-hybridized carbons (Fsp3) is 1.00. The van der Waals surface area contributed by atoms with Crippen molar-refractivity contribution in [1.82, 2.24) is 0 Å². The Bertz CT molecular complexity index is 623. The van der Waals surface area contributed by atoms with Gasteiger partial charge in [0.15, 0.2) is 0 Å². The van der Waals surface area contributed by atoms with Crippen LogP contribution in [0.15, 0.2) is 0 Å². The van der Waals surface area contributed by atoms with Crippen molar-refractivity contribution in [2.24, 2.45) is 46.3 Å². The van der Waals surface area contributed by atoms with Gasteiger partial charge in [0.1, 0.15) is 6.10 Å². The van der Waals surface area contributed by atoms with E-state index in [0.29, 0.717) is 29.6 Å². The lowest BCUT2D eigenvalue weighted by atomic mass is 9.44. The minimum absolute atomic E-state index is 0.114. The molecule has 2 N–H and O–H groups in total. The number of fused-ring (bicyclic) bond motifs is 5. The molecule has 4 saturated carbocycles. The molecule has 0 heterocycles. The van der Waals surface area contributed by atoms with E-state index in [1.807, 2.05) is 13.8 Å². The first-order valence-corrected chi connectivity index (χ1v) is 13.4. The van der Waals surface area contributed by atoms with Crippen molar-refractivity contribution in [3.8, 4) is 0 Å². The maximum Gasteiger partial charge on any atom is 0.414 e. The van der Waals surface area contributed by atoms with Crippen molar-refractivity contribution < 1.29 is 23.4 Å². The van der Waals surface area contributed by atoms with E-state index in [4.69, 9.17) is 0 Å². The smallest absolute Gasteiger partial charge is 0.393 e. The van der Waals surface area contributed by atoms with E-state index >= 15 is 0 Å². The molecule has 2 nitrogen and oxygen atoms in total. The van der Waals surface area contributed by atoms with E-state index in [2.05, 4.69) is 20.8 Å². The highest BCUT2D eigenvalue weighted by atomic mass is 19.4. The zero-order chi connectivity index (χ0) is 23.9. The molecule has 32 heavy (non-hydrogen) atoms. The van der Waals surface area contributed by atoms with E-state index in [1.165, 1.54) is 32.1 Å². The summed E-state index contributed by atoms with van der Waals surface area (Å²) < 4.78 is 38.2. The number of hydrogen-bond donors (Lipinski definition) is 2. The average Bonchev–Trinajstić information content (AvgIpc) is 3.10. The quantitative estimate of drug-likeness (QED) is 0.460. The number of aliphatic hydroxyl groups is 2. The Hall–Kier alpha value is -0.290. The summed E-state index contributed by atoms with van der Waals surface area (Å²) in [6, 6.07) is 0. The van der Waals surface area contributed by atoms with E-state index in [-0.39, 0.29) is 23.9 Å². The molecule has 4 aliphatic rings. The van der Waals surface area contributed by atoms with Crippen LogP contribution in [0.1, 0.15) is 105 Å². The van der Waals surface area contributed by atoms with Crippen molar-refractivity contribution in [3.05, 3.63) is 0 Å². The molecule has 0 spiro atoms. The number of alkyl halides is 3. The van der Waals surface area contributed by atoms with Gasteiger partial charge < -0.3 is 10.2 Å². The van der Waals surface area contributed by atoms with Crippen LogP contribution in [0.5, 0.6) is 0 Å². The molecule has 0 bridgehead atoms. The molecule has 0 radical (unpaired) electrons. The molecule has 4 rings (SSSR count). The summed E-state index contributed by atoms with van der Waals surface area (Å²) in [5.74, 6) is 3.56. The monoisotopic (exact) mass is 460 g/mol. The van der Waals surface area contributed by atoms with Crippen LogP contribution in [0.25, 0.3) is 0 Å². The van der Waals surface area contributed by atoms with E-state index < -0.39 is 12.3 Å². The van der Waals surface area contributed by atoms with Gasteiger partial charge in [0.25, 0.3) is 0 Å². The van der Waals surface area contributed by atoms with E-state index in [1.54, 1.807) is 0 Å². The van der Waals surface area contributed by atoms with Crippen molar-refractivity contribution in [1.29, 1.82) is 0 Å². The fourth-order valence-corrected chi connectivity index (χ4v) is 9.00. The maximum absolute atomic E-state index is 12.7. The summed E-state index contributed by atoms with van der Waals surface area (Å²) in [6.07, 6.45) is 3.86. The third-order valence-electron chi connectivity index (χ3n) is 10.7. The van der Waals surface area contributed by atoms with Crippen molar-refractivity contribution in [2.75, 3.05) is 0 Å². The fourth-order valence-electron chi connectivity index (χ4n) is 9.00. The SMILES string of the molecule is CC.CC(CCC(O)C(F)(F)F)C1CCC2C3CCC4CC(O)CCC4(C)C3CCC12C. The average molecular weight is 461 g/mol. The molecule has 0 aromatic rings. The first-order valence-electron chi connectivity index (χ1n) is 13.4. The zero-order valence-corrected chi connectivity index (χ0v) is 20.9. The van der Waals surface area contributed by atoms with Crippen LogP contribution in [-0.4, -0.2) is 28.6 Å². The van der Waals surface area contributed by atoms with Crippen LogP contribution in [0, 0.1) is 46.3 Å². The number of halogens is 3. The van der Waals surface area contributed by atoms with Gasteiger partial charge in [0, 0.05) is 0 Å². The van der Waals surface area contributed by atoms with Gasteiger partial charge in [0.2, 0.25) is 0 Å². The van der Waals surface area contributed by atoms with Crippen LogP contribution in [0.3, 0.4) is 0 Å². The summed E-state index contributed by atoms with van der Waals surface area (Å²) in [7, 11) is 0. The molecule has 0 aromatic heterocycles. The lowest BCUT2D eigenvalue weighted by Crippen LogP contribution is -2.54. The van der Waals surface area contributed by atoms with Crippen molar-refractivity contribution in [3.63, 3.8) is 0 Å². The number of rotatable bonds is 4. The molecule has 5 heteroatoms. The van der Waals surface area contributed by atoms with Gasteiger partial charge >= 0.3 is 6.18 Å². The van der Waals surface area contributed by atoms with Crippen molar-refractivity contribution >= 4 is 0 Å². The van der Waals surface area contributed by atoms with Crippen LogP contribution < -0.4 is 0 Å². The molecule has 4 fully saturated rings. The molecule has 10 unspecified atom stereocenters. The summed E-state index contributed by atoms with van der Waals surface area (Å²) in [6.45, 7) is 11.0. The van der Waals surface area contributed by atoms with Gasteiger partial charge in [-0.25, -0.2) is 0 Å². The largest absolute Gasteiger partial charge is 0.414 e. The zero-order valence-electron chi connectivity index (χ0n) is 20.9. The second-order valence-electron chi connectivity index (χ2n) is 11.9. The Labute approximate surface area is 193 Å². The standard InChI is InChI=1S/C25H41F3O2.C2H6/c1-15(4-9-22(30)25(26,27)28)19-7-8-20-18-6-5-16-14-17(29)10-12-23(16,2)21(18)11-13-24(19,20)3;1-2/h15-22,29-30H,4-14H2,1-3H3;1-2H3. The molecule has 10 atom stereocenters. The predicted octanol–water partition coefficient (Wildman–Crippen LogP) is 7.37. The van der Waals surface area contributed by atoms with Gasteiger partial charge in [-0.3, -0.25) is 0 Å². The second kappa shape index (κ2) is 9.76.